The number of amides is 1. The van der Waals surface area contributed by atoms with Crippen molar-refractivity contribution in [2.45, 2.75) is 19.3 Å². The lowest BCUT2D eigenvalue weighted by atomic mass is 9.99. The van der Waals surface area contributed by atoms with Gasteiger partial charge >= 0.3 is 0 Å². The molecule has 0 saturated carbocycles. The van der Waals surface area contributed by atoms with E-state index in [9.17, 15) is 4.79 Å². The van der Waals surface area contributed by atoms with Gasteiger partial charge in [0.05, 0.1) is 5.92 Å². The van der Waals surface area contributed by atoms with Gasteiger partial charge in [-0.05, 0) is 43.5 Å². The molecule has 1 aromatic rings. The summed E-state index contributed by atoms with van der Waals surface area (Å²) in [6.45, 7) is 2.54. The number of carbonyl (C=O) groups is 1. The van der Waals surface area contributed by atoms with Gasteiger partial charge in [0.15, 0.2) is 0 Å². The third-order valence-corrected chi connectivity index (χ3v) is 3.55. The van der Waals surface area contributed by atoms with E-state index in [1.54, 1.807) is 0 Å². The van der Waals surface area contributed by atoms with Gasteiger partial charge in [-0.2, -0.15) is 0 Å². The van der Waals surface area contributed by atoms with E-state index in [2.05, 4.69) is 10.6 Å². The maximum Gasteiger partial charge on any atom is 0.224 e. The third kappa shape index (κ3) is 5.39. The van der Waals surface area contributed by atoms with Gasteiger partial charge < -0.3 is 10.6 Å². The van der Waals surface area contributed by atoms with Crippen molar-refractivity contribution in [3.63, 3.8) is 0 Å². The number of hydrogen-bond donors (Lipinski definition) is 2. The van der Waals surface area contributed by atoms with Crippen LogP contribution in [0.3, 0.4) is 0 Å². The second-order valence-corrected chi connectivity index (χ2v) is 5.15. The molecule has 5 heteroatoms. The molecule has 0 radical (unpaired) electrons. The second kappa shape index (κ2) is 8.41. The predicted molar refractivity (Wildman–Crippen MR) is 81.0 cm³/mol. The molecule has 3 nitrogen and oxygen atoms in total. The molecule has 0 bridgehead atoms. The highest BCUT2D eigenvalue weighted by Gasteiger charge is 2.19. The second-order valence-electron chi connectivity index (χ2n) is 4.71. The predicted octanol–water partition coefficient (Wildman–Crippen LogP) is 2.42. The lowest BCUT2D eigenvalue weighted by Crippen LogP contribution is -2.41. The molecule has 0 unspecified atom stereocenters. The monoisotopic (exact) mass is 302 g/mol. The van der Waals surface area contributed by atoms with Crippen molar-refractivity contribution >= 4 is 29.9 Å². The topological polar surface area (TPSA) is 41.1 Å². The van der Waals surface area contributed by atoms with E-state index in [0.29, 0.717) is 6.54 Å². The first kappa shape index (κ1) is 16.3. The molecule has 106 valence electrons. The average molecular weight is 303 g/mol. The summed E-state index contributed by atoms with van der Waals surface area (Å²) in [5.41, 5.74) is 1.20. The Kier molecular flexibility index (Phi) is 7.21. The molecule has 1 fully saturated rings. The Hall–Kier alpha value is -0.770. The van der Waals surface area contributed by atoms with Crippen LogP contribution >= 0.6 is 24.0 Å². The van der Waals surface area contributed by atoms with Crippen molar-refractivity contribution in [1.82, 2.24) is 10.6 Å². The molecule has 1 atom stereocenters. The fourth-order valence-electron chi connectivity index (χ4n) is 2.20. The van der Waals surface area contributed by atoms with Crippen molar-refractivity contribution in [3.05, 3.63) is 34.9 Å². The smallest absolute Gasteiger partial charge is 0.224 e. The molecule has 1 saturated heterocycles. The van der Waals surface area contributed by atoms with Crippen LogP contribution in [0.25, 0.3) is 0 Å². The van der Waals surface area contributed by atoms with Crippen LogP contribution in [-0.4, -0.2) is 25.5 Å². The molecule has 1 aliphatic rings. The Balaban J connectivity index is 0.00000180. The van der Waals surface area contributed by atoms with Gasteiger partial charge in [0.2, 0.25) is 5.91 Å². The fourth-order valence-corrected chi connectivity index (χ4v) is 2.33. The van der Waals surface area contributed by atoms with Gasteiger partial charge in [-0.1, -0.05) is 23.7 Å². The molecule has 2 N–H and O–H groups in total. The van der Waals surface area contributed by atoms with Gasteiger partial charge in [0.1, 0.15) is 0 Å². The first-order valence-electron chi connectivity index (χ1n) is 6.48. The maximum absolute atomic E-state index is 11.9. The Morgan fingerprint density at radius 3 is 2.74 bits per heavy atom. The lowest BCUT2D eigenvalue weighted by molar-refractivity contribution is -0.125. The number of halogens is 2. The van der Waals surface area contributed by atoms with E-state index < -0.39 is 0 Å². The molecule has 0 spiro atoms. The molecule has 0 aromatic heterocycles. The van der Waals surface area contributed by atoms with E-state index in [-0.39, 0.29) is 24.2 Å². The number of piperidine rings is 1. The molecular formula is C14H20Cl2N2O. The van der Waals surface area contributed by atoms with Crippen molar-refractivity contribution in [2.24, 2.45) is 5.92 Å². The Bertz CT molecular complexity index is 389. The van der Waals surface area contributed by atoms with Crippen LogP contribution in [0.5, 0.6) is 0 Å². The minimum absolute atomic E-state index is 0. The van der Waals surface area contributed by atoms with Crippen molar-refractivity contribution < 1.29 is 4.79 Å². The number of benzene rings is 1. The summed E-state index contributed by atoms with van der Waals surface area (Å²) in [5.74, 6) is 0.320. The van der Waals surface area contributed by atoms with Crippen LogP contribution in [0, 0.1) is 5.92 Å². The first-order valence-corrected chi connectivity index (χ1v) is 6.86. The number of hydrogen-bond acceptors (Lipinski definition) is 2. The SMILES string of the molecule is Cl.O=C(NCCc1ccc(Cl)cc1)[C@@H]1CCCNC1. The van der Waals surface area contributed by atoms with Crippen LogP contribution in [-0.2, 0) is 11.2 Å². The maximum atomic E-state index is 11.9. The summed E-state index contributed by atoms with van der Waals surface area (Å²) >= 11 is 5.82. The van der Waals surface area contributed by atoms with Crippen molar-refractivity contribution in [3.8, 4) is 0 Å². The zero-order valence-corrected chi connectivity index (χ0v) is 12.4. The Morgan fingerprint density at radius 2 is 2.11 bits per heavy atom. The zero-order chi connectivity index (χ0) is 12.8. The molecule has 2 rings (SSSR count). The van der Waals surface area contributed by atoms with Gasteiger partial charge in [-0.3, -0.25) is 4.79 Å². The fraction of sp³-hybridized carbons (Fsp3) is 0.500. The summed E-state index contributed by atoms with van der Waals surface area (Å²) in [4.78, 5) is 11.9. The van der Waals surface area contributed by atoms with Crippen molar-refractivity contribution in [1.29, 1.82) is 0 Å². The van der Waals surface area contributed by atoms with Crippen molar-refractivity contribution in [2.75, 3.05) is 19.6 Å². The van der Waals surface area contributed by atoms with Gasteiger partial charge in [0.25, 0.3) is 0 Å². The van der Waals surface area contributed by atoms with Crippen LogP contribution < -0.4 is 10.6 Å². The summed E-state index contributed by atoms with van der Waals surface area (Å²) in [6, 6.07) is 7.75. The molecule has 1 amide bonds. The number of carbonyl (C=O) groups excluding carboxylic acids is 1. The molecule has 1 aliphatic heterocycles. The highest BCUT2D eigenvalue weighted by atomic mass is 35.5. The lowest BCUT2D eigenvalue weighted by Gasteiger charge is -2.21. The normalized spacial score (nSPS) is 18.5. The summed E-state index contributed by atoms with van der Waals surface area (Å²) < 4.78 is 0. The van der Waals surface area contributed by atoms with E-state index in [4.69, 9.17) is 11.6 Å². The largest absolute Gasteiger partial charge is 0.355 e. The molecule has 0 aliphatic carbocycles. The Labute approximate surface area is 125 Å². The summed E-state index contributed by atoms with van der Waals surface area (Å²) in [7, 11) is 0. The minimum atomic E-state index is 0. The zero-order valence-electron chi connectivity index (χ0n) is 10.8. The summed E-state index contributed by atoms with van der Waals surface area (Å²) in [6.07, 6.45) is 2.94. The minimum Gasteiger partial charge on any atom is -0.355 e. The first-order chi connectivity index (χ1) is 8.75. The number of rotatable bonds is 4. The third-order valence-electron chi connectivity index (χ3n) is 3.29. The molecular weight excluding hydrogens is 283 g/mol. The standard InChI is InChI=1S/C14H19ClN2O.ClH/c15-13-5-3-11(4-6-13)7-9-17-14(18)12-2-1-8-16-10-12;/h3-6,12,16H,1-2,7-10H2,(H,17,18);1H/t12-;/m1./s1. The van der Waals surface area contributed by atoms with Gasteiger partial charge in [-0.25, -0.2) is 0 Å². The van der Waals surface area contributed by atoms with E-state index in [1.165, 1.54) is 5.56 Å². The van der Waals surface area contributed by atoms with E-state index in [1.807, 2.05) is 24.3 Å². The Morgan fingerprint density at radius 1 is 1.37 bits per heavy atom. The van der Waals surface area contributed by atoms with Crippen LogP contribution in [0.4, 0.5) is 0 Å². The molecule has 19 heavy (non-hydrogen) atoms. The van der Waals surface area contributed by atoms with Crippen LogP contribution in [0.1, 0.15) is 18.4 Å². The molecule has 1 aromatic carbocycles. The highest BCUT2D eigenvalue weighted by Crippen LogP contribution is 2.11. The average Bonchev–Trinajstić information content (AvgIpc) is 2.42. The number of nitrogens with one attached hydrogen (secondary N) is 2. The van der Waals surface area contributed by atoms with Gasteiger partial charge in [-0.15, -0.1) is 12.4 Å². The highest BCUT2D eigenvalue weighted by molar-refractivity contribution is 6.30. The quantitative estimate of drug-likeness (QED) is 0.897. The van der Waals surface area contributed by atoms with E-state index in [0.717, 1.165) is 37.4 Å². The van der Waals surface area contributed by atoms with Crippen LogP contribution in [0.15, 0.2) is 24.3 Å². The van der Waals surface area contributed by atoms with Crippen LogP contribution in [0.2, 0.25) is 5.02 Å². The summed E-state index contributed by atoms with van der Waals surface area (Å²) in [5, 5.41) is 7.00. The van der Waals surface area contributed by atoms with E-state index >= 15 is 0 Å². The van der Waals surface area contributed by atoms with Gasteiger partial charge in [0, 0.05) is 18.1 Å². The molecule has 1 heterocycles.